The molecule has 0 saturated heterocycles. The Kier molecular flexibility index (Phi) is 6.83. The fourth-order valence-electron chi connectivity index (χ4n) is 3.67. The number of carbonyl (C=O) groups excluding carboxylic acids is 2. The lowest BCUT2D eigenvalue weighted by Gasteiger charge is -2.30. The normalized spacial score (nSPS) is 12.1. The SMILES string of the molecule is CC(C)CCNC(=O)C(c1ccco1)N(C(=O)Cn1nnc2ccccc21)c1ccccc1. The molecule has 0 saturated carbocycles. The summed E-state index contributed by atoms with van der Waals surface area (Å²) >= 11 is 0. The summed E-state index contributed by atoms with van der Waals surface area (Å²) in [4.78, 5) is 28.5. The summed E-state index contributed by atoms with van der Waals surface area (Å²) in [6, 6.07) is 19.0. The van der Waals surface area contributed by atoms with E-state index in [2.05, 4.69) is 29.5 Å². The highest BCUT2D eigenvalue weighted by Gasteiger charge is 2.35. The fraction of sp³-hybridized carbons (Fsp3) is 0.280. The molecule has 0 spiro atoms. The number of benzene rings is 2. The average Bonchev–Trinajstić information content (AvgIpc) is 3.48. The van der Waals surface area contributed by atoms with E-state index < -0.39 is 6.04 Å². The van der Waals surface area contributed by atoms with E-state index in [4.69, 9.17) is 4.42 Å². The van der Waals surface area contributed by atoms with E-state index in [0.717, 1.165) is 11.9 Å². The van der Waals surface area contributed by atoms with E-state index in [1.807, 2.05) is 42.5 Å². The lowest BCUT2D eigenvalue weighted by Crippen LogP contribution is -2.45. The molecule has 2 amide bonds. The van der Waals surface area contributed by atoms with Gasteiger partial charge in [0.2, 0.25) is 5.91 Å². The van der Waals surface area contributed by atoms with Crippen molar-refractivity contribution in [2.45, 2.75) is 32.9 Å². The Morgan fingerprint density at radius 3 is 2.52 bits per heavy atom. The van der Waals surface area contributed by atoms with E-state index in [0.29, 0.717) is 29.4 Å². The van der Waals surface area contributed by atoms with Crippen LogP contribution >= 0.6 is 0 Å². The first-order valence-electron chi connectivity index (χ1n) is 11.0. The van der Waals surface area contributed by atoms with Crippen molar-refractivity contribution in [3.8, 4) is 0 Å². The van der Waals surface area contributed by atoms with Crippen LogP contribution in [0.2, 0.25) is 0 Å². The summed E-state index contributed by atoms with van der Waals surface area (Å²) in [6.07, 6.45) is 2.34. The highest BCUT2D eigenvalue weighted by atomic mass is 16.3. The van der Waals surface area contributed by atoms with Crippen LogP contribution in [0, 0.1) is 5.92 Å². The number of nitrogens with zero attached hydrogens (tertiary/aromatic N) is 4. The molecule has 0 aliphatic carbocycles. The molecule has 8 nitrogen and oxygen atoms in total. The molecule has 0 aliphatic rings. The highest BCUT2D eigenvalue weighted by molar-refractivity contribution is 6.01. The first-order chi connectivity index (χ1) is 16.0. The van der Waals surface area contributed by atoms with Crippen LogP contribution in [0.1, 0.15) is 32.1 Å². The lowest BCUT2D eigenvalue weighted by molar-refractivity contribution is -0.127. The standard InChI is InChI=1S/C25H27N5O3/c1-18(2)14-15-26-25(32)24(22-13-8-16-33-22)30(19-9-4-3-5-10-19)23(31)17-29-21-12-7-6-11-20(21)27-28-29/h3-13,16,18,24H,14-15,17H2,1-2H3,(H,26,32). The number of hydrogen-bond acceptors (Lipinski definition) is 5. The Hall–Kier alpha value is -3.94. The third kappa shape index (κ3) is 5.11. The number of rotatable bonds is 9. The molecular formula is C25H27N5O3. The summed E-state index contributed by atoms with van der Waals surface area (Å²) in [6.45, 7) is 4.63. The van der Waals surface area contributed by atoms with Gasteiger partial charge in [-0.2, -0.15) is 0 Å². The Morgan fingerprint density at radius 2 is 1.79 bits per heavy atom. The number of amides is 2. The topological polar surface area (TPSA) is 93.3 Å². The molecule has 0 fully saturated rings. The second-order valence-corrected chi connectivity index (χ2v) is 8.23. The van der Waals surface area contributed by atoms with Crippen molar-refractivity contribution < 1.29 is 14.0 Å². The van der Waals surface area contributed by atoms with Crippen LogP contribution in [0.5, 0.6) is 0 Å². The van der Waals surface area contributed by atoms with E-state index >= 15 is 0 Å². The van der Waals surface area contributed by atoms with Crippen LogP contribution in [0.25, 0.3) is 11.0 Å². The van der Waals surface area contributed by atoms with E-state index in [1.165, 1.54) is 11.2 Å². The summed E-state index contributed by atoms with van der Waals surface area (Å²) in [5.74, 6) is 0.223. The Balaban J connectivity index is 1.69. The third-order valence-electron chi connectivity index (χ3n) is 5.35. The molecule has 1 N–H and O–H groups in total. The monoisotopic (exact) mass is 445 g/mol. The second-order valence-electron chi connectivity index (χ2n) is 8.23. The average molecular weight is 446 g/mol. The Labute approximate surface area is 192 Å². The molecule has 4 rings (SSSR count). The molecule has 0 radical (unpaired) electrons. The van der Waals surface area contributed by atoms with Crippen LogP contribution in [-0.2, 0) is 16.1 Å². The van der Waals surface area contributed by atoms with E-state index in [1.54, 1.807) is 28.9 Å². The van der Waals surface area contributed by atoms with E-state index in [-0.39, 0.29) is 18.4 Å². The van der Waals surface area contributed by atoms with Crippen LogP contribution in [0.4, 0.5) is 5.69 Å². The van der Waals surface area contributed by atoms with Gasteiger partial charge >= 0.3 is 0 Å². The fourth-order valence-corrected chi connectivity index (χ4v) is 3.67. The Morgan fingerprint density at radius 1 is 1.03 bits per heavy atom. The number of anilines is 1. The summed E-state index contributed by atoms with van der Waals surface area (Å²) < 4.78 is 7.16. The van der Waals surface area contributed by atoms with Gasteiger partial charge in [0.1, 0.15) is 17.8 Å². The summed E-state index contributed by atoms with van der Waals surface area (Å²) in [7, 11) is 0. The van der Waals surface area contributed by atoms with Gasteiger partial charge in [0, 0.05) is 12.2 Å². The lowest BCUT2D eigenvalue weighted by atomic mass is 10.1. The van der Waals surface area contributed by atoms with Gasteiger partial charge in [-0.15, -0.1) is 5.10 Å². The maximum Gasteiger partial charge on any atom is 0.251 e. The van der Waals surface area contributed by atoms with Gasteiger partial charge in [0.05, 0.1) is 11.8 Å². The number of para-hydroxylation sites is 2. The molecule has 0 bridgehead atoms. The van der Waals surface area contributed by atoms with Crippen molar-refractivity contribution in [2.75, 3.05) is 11.4 Å². The maximum absolute atomic E-state index is 13.7. The van der Waals surface area contributed by atoms with Crippen molar-refractivity contribution in [2.24, 2.45) is 5.92 Å². The molecule has 8 heteroatoms. The van der Waals surface area contributed by atoms with E-state index in [9.17, 15) is 9.59 Å². The number of fused-ring (bicyclic) bond motifs is 1. The van der Waals surface area contributed by atoms with Gasteiger partial charge in [-0.25, -0.2) is 4.68 Å². The van der Waals surface area contributed by atoms with Crippen LogP contribution < -0.4 is 10.2 Å². The number of furan rings is 1. The third-order valence-corrected chi connectivity index (χ3v) is 5.35. The van der Waals surface area contributed by atoms with Crippen molar-refractivity contribution in [1.82, 2.24) is 20.3 Å². The van der Waals surface area contributed by atoms with Crippen molar-refractivity contribution >= 4 is 28.5 Å². The predicted molar refractivity (Wildman–Crippen MR) is 125 cm³/mol. The molecule has 170 valence electrons. The van der Waals surface area contributed by atoms with Gasteiger partial charge in [0.25, 0.3) is 5.91 Å². The minimum atomic E-state index is -0.961. The first-order valence-corrected chi connectivity index (χ1v) is 11.0. The molecule has 0 aliphatic heterocycles. The minimum Gasteiger partial charge on any atom is -0.467 e. The van der Waals surface area contributed by atoms with Gasteiger partial charge in [-0.05, 0) is 48.7 Å². The van der Waals surface area contributed by atoms with Gasteiger partial charge in [-0.1, -0.05) is 49.4 Å². The predicted octanol–water partition coefficient (Wildman–Crippen LogP) is 3.96. The molecule has 1 atom stereocenters. The van der Waals surface area contributed by atoms with Crippen molar-refractivity contribution in [3.05, 3.63) is 78.8 Å². The molecule has 2 aromatic carbocycles. The zero-order chi connectivity index (χ0) is 23.2. The van der Waals surface area contributed by atoms with Crippen molar-refractivity contribution in [1.29, 1.82) is 0 Å². The van der Waals surface area contributed by atoms with Gasteiger partial charge in [0.15, 0.2) is 6.04 Å². The molecule has 2 heterocycles. The largest absolute Gasteiger partial charge is 0.467 e. The highest BCUT2D eigenvalue weighted by Crippen LogP contribution is 2.29. The summed E-state index contributed by atoms with van der Waals surface area (Å²) in [5.41, 5.74) is 2.03. The molecule has 4 aromatic rings. The van der Waals surface area contributed by atoms with Crippen molar-refractivity contribution in [3.63, 3.8) is 0 Å². The molecule has 2 aromatic heterocycles. The number of hydrogen-bond donors (Lipinski definition) is 1. The van der Waals surface area contributed by atoms with Crippen LogP contribution in [0.3, 0.4) is 0 Å². The maximum atomic E-state index is 13.7. The number of aromatic nitrogens is 3. The molecule has 33 heavy (non-hydrogen) atoms. The van der Waals surface area contributed by atoms with Gasteiger partial charge < -0.3 is 9.73 Å². The van der Waals surface area contributed by atoms with Gasteiger partial charge in [-0.3, -0.25) is 14.5 Å². The second kappa shape index (κ2) is 10.1. The summed E-state index contributed by atoms with van der Waals surface area (Å²) in [5, 5.41) is 11.2. The number of carbonyl (C=O) groups is 2. The zero-order valence-corrected chi connectivity index (χ0v) is 18.7. The quantitative estimate of drug-likeness (QED) is 0.421. The first kappa shape index (κ1) is 22.3. The molecular weight excluding hydrogens is 418 g/mol. The van der Waals surface area contributed by atoms with Crippen LogP contribution in [0.15, 0.2) is 77.4 Å². The molecule has 1 unspecified atom stereocenters. The Bertz CT molecular complexity index is 1200. The minimum absolute atomic E-state index is 0.0775. The smallest absolute Gasteiger partial charge is 0.251 e. The van der Waals surface area contributed by atoms with Crippen LogP contribution in [-0.4, -0.2) is 33.4 Å². The zero-order valence-electron chi connectivity index (χ0n) is 18.7. The number of nitrogens with one attached hydrogen (secondary N) is 1.